The van der Waals surface area contributed by atoms with E-state index in [1.807, 2.05) is 30.3 Å². The molecule has 1 saturated heterocycles. The van der Waals surface area contributed by atoms with Crippen LogP contribution in [0.5, 0.6) is 5.75 Å². The summed E-state index contributed by atoms with van der Waals surface area (Å²) < 4.78 is 10.4. The van der Waals surface area contributed by atoms with Gasteiger partial charge in [0.1, 0.15) is 5.75 Å². The third-order valence-electron chi connectivity index (χ3n) is 4.57. The molecule has 8 heteroatoms. The summed E-state index contributed by atoms with van der Waals surface area (Å²) in [5.74, 6) is -1.40. The molecule has 29 heavy (non-hydrogen) atoms. The summed E-state index contributed by atoms with van der Waals surface area (Å²) in [6.07, 6.45) is 0.000134. The molecule has 2 aromatic carbocycles. The minimum atomic E-state index is -0.659. The van der Waals surface area contributed by atoms with Crippen molar-refractivity contribution in [2.75, 3.05) is 25.2 Å². The summed E-state index contributed by atoms with van der Waals surface area (Å²) in [7, 11) is 1.49. The minimum absolute atomic E-state index is 0.000134. The average molecular weight is 417 g/mol. The van der Waals surface area contributed by atoms with Crippen molar-refractivity contribution < 1.29 is 23.9 Å². The van der Waals surface area contributed by atoms with Crippen LogP contribution in [0.15, 0.2) is 48.5 Å². The number of anilines is 1. The summed E-state index contributed by atoms with van der Waals surface area (Å²) in [6, 6.07) is 14.3. The number of ether oxygens (including phenoxy) is 2. The van der Waals surface area contributed by atoms with Gasteiger partial charge >= 0.3 is 5.97 Å². The predicted octanol–water partition coefficient (Wildman–Crippen LogP) is 2.56. The number of rotatable bonds is 7. The van der Waals surface area contributed by atoms with Crippen LogP contribution in [0.1, 0.15) is 12.0 Å². The first-order valence-electron chi connectivity index (χ1n) is 9.09. The van der Waals surface area contributed by atoms with Gasteiger partial charge in [0.15, 0.2) is 6.61 Å². The molecule has 1 heterocycles. The van der Waals surface area contributed by atoms with Gasteiger partial charge in [-0.05, 0) is 23.8 Å². The smallest absolute Gasteiger partial charge is 0.311 e. The van der Waals surface area contributed by atoms with Crippen molar-refractivity contribution in [3.63, 3.8) is 0 Å². The van der Waals surface area contributed by atoms with E-state index >= 15 is 0 Å². The van der Waals surface area contributed by atoms with E-state index in [-0.39, 0.29) is 18.9 Å². The highest BCUT2D eigenvalue weighted by Crippen LogP contribution is 2.35. The van der Waals surface area contributed by atoms with Crippen LogP contribution in [-0.2, 0) is 25.7 Å². The van der Waals surface area contributed by atoms with E-state index in [0.717, 1.165) is 5.56 Å². The third kappa shape index (κ3) is 5.26. The molecule has 0 aromatic heterocycles. The van der Waals surface area contributed by atoms with E-state index in [9.17, 15) is 14.4 Å². The molecule has 1 fully saturated rings. The third-order valence-corrected chi connectivity index (χ3v) is 4.80. The van der Waals surface area contributed by atoms with Crippen LogP contribution in [0.4, 0.5) is 5.69 Å². The van der Waals surface area contributed by atoms with Crippen molar-refractivity contribution in [2.45, 2.75) is 13.0 Å². The maximum Gasteiger partial charge on any atom is 0.311 e. The number of halogens is 1. The Morgan fingerprint density at radius 2 is 1.97 bits per heavy atom. The summed E-state index contributed by atoms with van der Waals surface area (Å²) in [6.45, 7) is 0.0956. The number of carbonyl (C=O) groups excluding carboxylic acids is 3. The Morgan fingerprint density at radius 1 is 1.21 bits per heavy atom. The van der Waals surface area contributed by atoms with Crippen molar-refractivity contribution in [3.05, 3.63) is 59.1 Å². The van der Waals surface area contributed by atoms with Crippen LogP contribution in [0, 0.1) is 5.92 Å². The van der Waals surface area contributed by atoms with E-state index < -0.39 is 24.4 Å². The predicted molar refractivity (Wildman–Crippen MR) is 108 cm³/mol. The van der Waals surface area contributed by atoms with Crippen LogP contribution in [0.25, 0.3) is 0 Å². The van der Waals surface area contributed by atoms with E-state index in [4.69, 9.17) is 21.1 Å². The molecule has 0 bridgehead atoms. The number of nitrogens with zero attached hydrogens (tertiary/aromatic N) is 1. The summed E-state index contributed by atoms with van der Waals surface area (Å²) in [5.41, 5.74) is 1.44. The molecule has 3 rings (SSSR count). The fraction of sp³-hybridized carbons (Fsp3) is 0.286. The number of methoxy groups -OCH3 is 1. The first-order valence-corrected chi connectivity index (χ1v) is 9.47. The zero-order valence-electron chi connectivity index (χ0n) is 15.9. The molecular weight excluding hydrogens is 396 g/mol. The van der Waals surface area contributed by atoms with Crippen molar-refractivity contribution in [3.8, 4) is 5.75 Å². The number of hydrogen-bond donors (Lipinski definition) is 1. The highest BCUT2D eigenvalue weighted by Gasteiger charge is 2.37. The van der Waals surface area contributed by atoms with Gasteiger partial charge in [-0.15, -0.1) is 0 Å². The Hall–Kier alpha value is -3.06. The van der Waals surface area contributed by atoms with Crippen molar-refractivity contribution in [1.82, 2.24) is 5.32 Å². The molecule has 0 aliphatic carbocycles. The van der Waals surface area contributed by atoms with E-state index in [0.29, 0.717) is 23.0 Å². The van der Waals surface area contributed by atoms with Crippen LogP contribution in [-0.4, -0.2) is 38.0 Å². The fourth-order valence-corrected chi connectivity index (χ4v) is 3.24. The number of nitrogens with one attached hydrogen (secondary N) is 1. The van der Waals surface area contributed by atoms with E-state index in [2.05, 4.69) is 5.32 Å². The van der Waals surface area contributed by atoms with Crippen LogP contribution < -0.4 is 15.0 Å². The van der Waals surface area contributed by atoms with Gasteiger partial charge < -0.3 is 19.7 Å². The van der Waals surface area contributed by atoms with Gasteiger partial charge in [0.25, 0.3) is 5.91 Å². The monoisotopic (exact) mass is 416 g/mol. The Balaban J connectivity index is 1.52. The number of carbonyl (C=O) groups is 3. The number of esters is 1. The first-order chi connectivity index (χ1) is 14.0. The molecule has 152 valence electrons. The fourth-order valence-electron chi connectivity index (χ4n) is 3.07. The maximum atomic E-state index is 12.4. The highest BCUT2D eigenvalue weighted by molar-refractivity contribution is 6.31. The average Bonchev–Trinajstić information content (AvgIpc) is 3.12. The number of hydrogen-bond acceptors (Lipinski definition) is 5. The van der Waals surface area contributed by atoms with Gasteiger partial charge in [-0.25, -0.2) is 0 Å². The summed E-state index contributed by atoms with van der Waals surface area (Å²) >= 11 is 6.03. The van der Waals surface area contributed by atoms with E-state index in [1.54, 1.807) is 18.2 Å². The second kappa shape index (κ2) is 9.43. The topological polar surface area (TPSA) is 84.9 Å². The Bertz CT molecular complexity index is 903. The first kappa shape index (κ1) is 20.7. The molecule has 1 atom stereocenters. The molecule has 7 nitrogen and oxygen atoms in total. The Labute approximate surface area is 173 Å². The molecule has 1 aliphatic rings. The maximum absolute atomic E-state index is 12.4. The molecule has 0 radical (unpaired) electrons. The van der Waals surface area contributed by atoms with Crippen molar-refractivity contribution >= 4 is 35.1 Å². The zero-order chi connectivity index (χ0) is 20.8. The molecule has 1 N–H and O–H groups in total. The lowest BCUT2D eigenvalue weighted by molar-refractivity contribution is -0.152. The molecule has 0 saturated carbocycles. The molecular formula is C21H21ClN2O5. The lowest BCUT2D eigenvalue weighted by Crippen LogP contribution is -2.31. The standard InChI is InChI=1S/C21H21ClN2O5/c1-28-18-8-7-16(22)10-17(18)24-12-15(9-20(24)26)21(27)29-13-19(25)23-11-14-5-3-2-4-6-14/h2-8,10,15H,9,11-13H2,1H3,(H,23,25)/t15-/m1/s1. The lowest BCUT2D eigenvalue weighted by Gasteiger charge is -2.19. The molecule has 2 aromatic rings. The van der Waals surface area contributed by atoms with Gasteiger partial charge in [0.05, 0.1) is 18.7 Å². The van der Waals surface area contributed by atoms with Gasteiger partial charge in [-0.1, -0.05) is 41.9 Å². The number of amides is 2. The second-order valence-corrected chi connectivity index (χ2v) is 7.03. The Kier molecular flexibility index (Phi) is 6.72. The highest BCUT2D eigenvalue weighted by atomic mass is 35.5. The van der Waals surface area contributed by atoms with Crippen LogP contribution >= 0.6 is 11.6 Å². The van der Waals surface area contributed by atoms with Gasteiger partial charge in [0, 0.05) is 24.5 Å². The second-order valence-electron chi connectivity index (χ2n) is 6.59. The number of benzene rings is 2. The van der Waals surface area contributed by atoms with Crippen molar-refractivity contribution in [2.24, 2.45) is 5.92 Å². The molecule has 1 aliphatic heterocycles. The molecule has 0 spiro atoms. The summed E-state index contributed by atoms with van der Waals surface area (Å²) in [5, 5.41) is 3.14. The zero-order valence-corrected chi connectivity index (χ0v) is 16.6. The van der Waals surface area contributed by atoms with Crippen LogP contribution in [0.3, 0.4) is 0 Å². The Morgan fingerprint density at radius 3 is 2.69 bits per heavy atom. The van der Waals surface area contributed by atoms with E-state index in [1.165, 1.54) is 12.0 Å². The summed E-state index contributed by atoms with van der Waals surface area (Å²) in [4.78, 5) is 38.1. The van der Waals surface area contributed by atoms with Gasteiger partial charge in [-0.3, -0.25) is 14.4 Å². The van der Waals surface area contributed by atoms with Crippen molar-refractivity contribution in [1.29, 1.82) is 0 Å². The molecule has 2 amide bonds. The lowest BCUT2D eigenvalue weighted by atomic mass is 10.1. The van der Waals surface area contributed by atoms with Gasteiger partial charge in [-0.2, -0.15) is 0 Å². The SMILES string of the molecule is COc1ccc(Cl)cc1N1C[C@H](C(=O)OCC(=O)NCc2ccccc2)CC1=O. The van der Waals surface area contributed by atoms with Crippen LogP contribution in [0.2, 0.25) is 5.02 Å². The van der Waals surface area contributed by atoms with Gasteiger partial charge in [0.2, 0.25) is 5.91 Å². The minimum Gasteiger partial charge on any atom is -0.495 e. The molecule has 0 unspecified atom stereocenters. The largest absolute Gasteiger partial charge is 0.495 e. The normalized spacial score (nSPS) is 15.9. The quantitative estimate of drug-likeness (QED) is 0.701.